The van der Waals surface area contributed by atoms with E-state index < -0.39 is 9.84 Å². The van der Waals surface area contributed by atoms with Crippen LogP contribution in [-0.4, -0.2) is 20.6 Å². The van der Waals surface area contributed by atoms with E-state index in [-0.39, 0.29) is 16.8 Å². The van der Waals surface area contributed by atoms with Gasteiger partial charge in [0.05, 0.1) is 10.9 Å². The van der Waals surface area contributed by atoms with E-state index in [2.05, 4.69) is 17.4 Å². The predicted octanol–water partition coefficient (Wildman–Crippen LogP) is 4.76. The Morgan fingerprint density at radius 3 is 2.13 bits per heavy atom. The van der Waals surface area contributed by atoms with Gasteiger partial charge in [-0.3, -0.25) is 4.79 Å². The molecular weight excluding hydrogens is 394 g/mol. The van der Waals surface area contributed by atoms with E-state index in [0.29, 0.717) is 12.0 Å². The molecule has 0 fully saturated rings. The number of hydrogen-bond donors (Lipinski definition) is 1. The molecule has 1 amide bonds. The molecule has 0 aliphatic rings. The summed E-state index contributed by atoms with van der Waals surface area (Å²) in [5.41, 5.74) is 3.82. The van der Waals surface area contributed by atoms with E-state index in [9.17, 15) is 13.2 Å². The maximum atomic E-state index is 13.0. The highest BCUT2D eigenvalue weighted by molar-refractivity contribution is 7.90. The number of hydrogen-bond acceptors (Lipinski definition) is 3. The zero-order valence-electron chi connectivity index (χ0n) is 17.3. The van der Waals surface area contributed by atoms with Crippen LogP contribution in [0.2, 0.25) is 0 Å². The molecule has 156 valence electrons. The third-order valence-corrected chi connectivity index (χ3v) is 6.34. The van der Waals surface area contributed by atoms with Crippen LogP contribution >= 0.6 is 0 Å². The average molecular weight is 422 g/mol. The minimum absolute atomic E-state index is 0.113. The Morgan fingerprint density at radius 1 is 0.867 bits per heavy atom. The lowest BCUT2D eigenvalue weighted by molar-refractivity contribution is 0.0934. The fourth-order valence-corrected chi connectivity index (χ4v) is 4.12. The lowest BCUT2D eigenvalue weighted by atomic mass is 9.98. The topological polar surface area (TPSA) is 63.2 Å². The highest BCUT2D eigenvalue weighted by Gasteiger charge is 2.17. The fourth-order valence-electron chi connectivity index (χ4n) is 3.49. The zero-order chi connectivity index (χ0) is 21.6. The molecule has 0 unspecified atom stereocenters. The van der Waals surface area contributed by atoms with Crippen molar-refractivity contribution in [1.29, 1.82) is 0 Å². The molecule has 0 saturated heterocycles. The summed E-state index contributed by atoms with van der Waals surface area (Å²) in [7, 11) is -3.24. The van der Waals surface area contributed by atoms with E-state index in [1.54, 1.807) is 24.3 Å². The largest absolute Gasteiger partial charge is 0.345 e. The van der Waals surface area contributed by atoms with Gasteiger partial charge in [-0.2, -0.15) is 0 Å². The number of benzene rings is 3. The summed E-state index contributed by atoms with van der Waals surface area (Å²) < 4.78 is 23.4. The summed E-state index contributed by atoms with van der Waals surface area (Å²) in [6.07, 6.45) is 3.55. The van der Waals surface area contributed by atoms with Gasteiger partial charge in [-0.25, -0.2) is 8.42 Å². The van der Waals surface area contributed by atoms with Crippen molar-refractivity contribution in [3.05, 3.63) is 101 Å². The van der Waals surface area contributed by atoms with Crippen LogP contribution in [0.3, 0.4) is 0 Å². The summed E-state index contributed by atoms with van der Waals surface area (Å²) in [6.45, 7) is 2.00. The molecular formula is C25H27NO3S. The molecule has 0 aromatic heterocycles. The van der Waals surface area contributed by atoms with Gasteiger partial charge in [0.2, 0.25) is 0 Å². The molecule has 0 aliphatic carbocycles. The van der Waals surface area contributed by atoms with Gasteiger partial charge in [-0.05, 0) is 54.2 Å². The molecule has 3 rings (SSSR count). The number of sulfone groups is 1. The van der Waals surface area contributed by atoms with Gasteiger partial charge in [0.15, 0.2) is 9.84 Å². The Bertz CT molecular complexity index is 1090. The SMILES string of the molecule is CC[C@@H](NC(=O)c1ccccc1CCc1ccccc1)c1ccc(S(C)(=O)=O)cc1. The number of rotatable bonds is 8. The molecule has 3 aromatic rings. The van der Waals surface area contributed by atoms with Gasteiger partial charge >= 0.3 is 0 Å². The molecule has 0 bridgehead atoms. The first-order chi connectivity index (χ1) is 14.4. The molecule has 1 N–H and O–H groups in total. The maximum Gasteiger partial charge on any atom is 0.252 e. The molecule has 4 nitrogen and oxygen atoms in total. The number of aryl methyl sites for hydroxylation is 2. The number of carbonyl (C=O) groups is 1. The number of carbonyl (C=O) groups excluding carboxylic acids is 1. The standard InChI is InChI=1S/C25H27NO3S/c1-3-24(21-15-17-22(18-16-21)30(2,28)29)26-25(27)23-12-8-7-11-20(23)14-13-19-9-5-4-6-10-19/h4-12,15-18,24H,3,13-14H2,1-2H3,(H,26,27)/t24-/m1/s1. The van der Waals surface area contributed by atoms with E-state index in [4.69, 9.17) is 0 Å². The highest BCUT2D eigenvalue weighted by Crippen LogP contribution is 2.21. The third kappa shape index (κ3) is 5.57. The molecule has 0 aliphatic heterocycles. The van der Waals surface area contributed by atoms with Crippen molar-refractivity contribution < 1.29 is 13.2 Å². The lowest BCUT2D eigenvalue weighted by Gasteiger charge is -2.19. The molecule has 0 heterocycles. The van der Waals surface area contributed by atoms with Crippen LogP contribution in [0, 0.1) is 0 Å². The van der Waals surface area contributed by atoms with E-state index in [1.807, 2.05) is 49.4 Å². The van der Waals surface area contributed by atoms with Crippen molar-refractivity contribution in [3.63, 3.8) is 0 Å². The first kappa shape index (κ1) is 21.8. The van der Waals surface area contributed by atoms with Crippen LogP contribution in [0.25, 0.3) is 0 Å². The van der Waals surface area contributed by atoms with Crippen molar-refractivity contribution in [1.82, 2.24) is 5.32 Å². The van der Waals surface area contributed by atoms with Crippen LogP contribution < -0.4 is 5.32 Å². The van der Waals surface area contributed by atoms with Crippen LogP contribution in [0.4, 0.5) is 0 Å². The minimum atomic E-state index is -3.24. The van der Waals surface area contributed by atoms with Gasteiger partial charge in [0, 0.05) is 11.8 Å². The summed E-state index contributed by atoms with van der Waals surface area (Å²) in [5, 5.41) is 3.11. The van der Waals surface area contributed by atoms with Crippen molar-refractivity contribution in [2.75, 3.05) is 6.26 Å². The van der Waals surface area contributed by atoms with Crippen LogP contribution in [-0.2, 0) is 22.7 Å². The van der Waals surface area contributed by atoms with Crippen molar-refractivity contribution in [3.8, 4) is 0 Å². The Balaban J connectivity index is 1.74. The average Bonchev–Trinajstić information content (AvgIpc) is 2.76. The predicted molar refractivity (Wildman–Crippen MR) is 120 cm³/mol. The second kappa shape index (κ2) is 9.72. The molecule has 0 saturated carbocycles. The summed E-state index contributed by atoms with van der Waals surface area (Å²) in [6, 6.07) is 24.5. The number of nitrogens with one attached hydrogen (secondary N) is 1. The third-order valence-electron chi connectivity index (χ3n) is 5.21. The van der Waals surface area contributed by atoms with Gasteiger partial charge in [-0.1, -0.05) is 67.6 Å². The Labute approximate surface area is 178 Å². The Morgan fingerprint density at radius 2 is 1.50 bits per heavy atom. The molecule has 3 aromatic carbocycles. The zero-order valence-corrected chi connectivity index (χ0v) is 18.2. The smallest absolute Gasteiger partial charge is 0.252 e. The van der Waals surface area contributed by atoms with Gasteiger partial charge in [0.1, 0.15) is 0 Å². The van der Waals surface area contributed by atoms with Crippen LogP contribution in [0.15, 0.2) is 83.8 Å². The van der Waals surface area contributed by atoms with E-state index >= 15 is 0 Å². The second-order valence-electron chi connectivity index (χ2n) is 7.42. The van der Waals surface area contributed by atoms with Gasteiger partial charge < -0.3 is 5.32 Å². The van der Waals surface area contributed by atoms with Crippen LogP contribution in [0.5, 0.6) is 0 Å². The molecule has 1 atom stereocenters. The Hall–Kier alpha value is -2.92. The monoisotopic (exact) mass is 421 g/mol. The summed E-state index contributed by atoms with van der Waals surface area (Å²) >= 11 is 0. The summed E-state index contributed by atoms with van der Waals surface area (Å²) in [5.74, 6) is -0.113. The molecule has 0 spiro atoms. The van der Waals surface area contributed by atoms with Gasteiger partial charge in [-0.15, -0.1) is 0 Å². The van der Waals surface area contributed by atoms with Crippen molar-refractivity contribution in [2.24, 2.45) is 0 Å². The fraction of sp³-hybridized carbons (Fsp3) is 0.240. The lowest BCUT2D eigenvalue weighted by Crippen LogP contribution is -2.29. The van der Waals surface area contributed by atoms with Crippen LogP contribution in [0.1, 0.15) is 46.4 Å². The molecule has 5 heteroatoms. The number of amides is 1. The van der Waals surface area contributed by atoms with E-state index in [0.717, 1.165) is 24.0 Å². The Kier molecular flexibility index (Phi) is 7.06. The molecule has 30 heavy (non-hydrogen) atoms. The first-order valence-electron chi connectivity index (χ1n) is 10.1. The second-order valence-corrected chi connectivity index (χ2v) is 9.43. The molecule has 0 radical (unpaired) electrons. The minimum Gasteiger partial charge on any atom is -0.345 e. The summed E-state index contributed by atoms with van der Waals surface area (Å²) in [4.78, 5) is 13.3. The highest BCUT2D eigenvalue weighted by atomic mass is 32.2. The maximum absolute atomic E-state index is 13.0. The van der Waals surface area contributed by atoms with E-state index in [1.165, 1.54) is 11.8 Å². The quantitative estimate of drug-likeness (QED) is 0.571. The normalized spacial score (nSPS) is 12.3. The van der Waals surface area contributed by atoms with Crippen molar-refractivity contribution in [2.45, 2.75) is 37.1 Å². The van der Waals surface area contributed by atoms with Crippen molar-refractivity contribution >= 4 is 15.7 Å². The van der Waals surface area contributed by atoms with Gasteiger partial charge in [0.25, 0.3) is 5.91 Å². The first-order valence-corrected chi connectivity index (χ1v) is 12.0.